The fraction of sp³-hybridized carbons (Fsp3) is 0.462. The Kier molecular flexibility index (Phi) is 10.6. The predicted molar refractivity (Wildman–Crippen MR) is 142 cm³/mol. The lowest BCUT2D eigenvalue weighted by molar-refractivity contribution is -0.140. The van der Waals surface area contributed by atoms with E-state index in [0.717, 1.165) is 23.8 Å². The van der Waals surface area contributed by atoms with Crippen molar-refractivity contribution in [2.45, 2.75) is 65.6 Å². The quantitative estimate of drug-likeness (QED) is 0.444. The molecular formula is C26H36ClN3O4S. The number of nitrogens with zero attached hydrogens (tertiary/aromatic N) is 2. The van der Waals surface area contributed by atoms with Gasteiger partial charge in [0, 0.05) is 30.6 Å². The van der Waals surface area contributed by atoms with Gasteiger partial charge in [-0.25, -0.2) is 8.42 Å². The van der Waals surface area contributed by atoms with Gasteiger partial charge in [0.05, 0.1) is 11.9 Å². The maximum absolute atomic E-state index is 13.3. The minimum absolute atomic E-state index is 0.0140. The van der Waals surface area contributed by atoms with Crippen LogP contribution in [-0.4, -0.2) is 50.0 Å². The van der Waals surface area contributed by atoms with Gasteiger partial charge in [0.15, 0.2) is 0 Å². The molecule has 0 aromatic heterocycles. The summed E-state index contributed by atoms with van der Waals surface area (Å²) in [4.78, 5) is 27.7. The van der Waals surface area contributed by atoms with Gasteiger partial charge in [-0.15, -0.1) is 0 Å². The number of carbonyl (C=O) groups is 2. The molecule has 0 heterocycles. The van der Waals surface area contributed by atoms with Crippen molar-refractivity contribution >= 4 is 39.1 Å². The molecule has 0 aliphatic heterocycles. The van der Waals surface area contributed by atoms with Crippen molar-refractivity contribution in [2.75, 3.05) is 17.1 Å². The third kappa shape index (κ3) is 8.54. The van der Waals surface area contributed by atoms with Gasteiger partial charge in [-0.2, -0.15) is 0 Å². The smallest absolute Gasteiger partial charge is 0.242 e. The molecule has 2 aromatic rings. The highest BCUT2D eigenvalue weighted by molar-refractivity contribution is 7.92. The van der Waals surface area contributed by atoms with Crippen molar-refractivity contribution in [3.05, 3.63) is 64.7 Å². The Morgan fingerprint density at radius 3 is 2.37 bits per heavy atom. The van der Waals surface area contributed by atoms with E-state index in [4.69, 9.17) is 11.6 Å². The largest absolute Gasteiger partial charge is 0.352 e. The van der Waals surface area contributed by atoms with Crippen LogP contribution in [0.25, 0.3) is 0 Å². The van der Waals surface area contributed by atoms with E-state index in [1.54, 1.807) is 31.2 Å². The minimum atomic E-state index is -3.53. The molecular weight excluding hydrogens is 486 g/mol. The van der Waals surface area contributed by atoms with Crippen molar-refractivity contribution in [1.29, 1.82) is 0 Å². The highest BCUT2D eigenvalue weighted by atomic mass is 35.5. The molecule has 2 rings (SSSR count). The molecule has 2 atom stereocenters. The molecule has 1 N–H and O–H groups in total. The molecule has 0 aliphatic carbocycles. The number of amides is 2. The van der Waals surface area contributed by atoms with Crippen molar-refractivity contribution < 1.29 is 18.0 Å². The fourth-order valence-electron chi connectivity index (χ4n) is 3.65. The molecule has 0 saturated carbocycles. The van der Waals surface area contributed by atoms with Crippen LogP contribution in [0.1, 0.15) is 51.2 Å². The number of hydrogen-bond acceptors (Lipinski definition) is 4. The molecule has 0 radical (unpaired) electrons. The third-order valence-electron chi connectivity index (χ3n) is 5.91. The van der Waals surface area contributed by atoms with Crippen LogP contribution in [0.15, 0.2) is 48.5 Å². The molecule has 0 unspecified atom stereocenters. The number of sulfonamides is 1. The normalized spacial score (nSPS) is 13.1. The SMILES string of the molecule is CC[C@H](C)NC(=O)[C@@H](C)N(Cc1ccccc1Cl)C(=O)CCCN(c1cccc(C)c1)S(C)(=O)=O. The van der Waals surface area contributed by atoms with Gasteiger partial charge < -0.3 is 10.2 Å². The molecule has 7 nitrogen and oxygen atoms in total. The van der Waals surface area contributed by atoms with Crippen molar-refractivity contribution in [3.8, 4) is 0 Å². The molecule has 0 fully saturated rings. The lowest BCUT2D eigenvalue weighted by Crippen LogP contribution is -2.49. The van der Waals surface area contributed by atoms with Crippen LogP contribution in [0.3, 0.4) is 0 Å². The van der Waals surface area contributed by atoms with Gasteiger partial charge >= 0.3 is 0 Å². The molecule has 35 heavy (non-hydrogen) atoms. The summed E-state index contributed by atoms with van der Waals surface area (Å²) >= 11 is 6.33. The zero-order valence-corrected chi connectivity index (χ0v) is 22.7. The summed E-state index contributed by atoms with van der Waals surface area (Å²) in [5, 5.41) is 3.45. The van der Waals surface area contributed by atoms with Gasteiger partial charge in [0.2, 0.25) is 21.8 Å². The lowest BCUT2D eigenvalue weighted by atomic mass is 10.1. The first kappa shape index (κ1) is 28.7. The fourth-order valence-corrected chi connectivity index (χ4v) is 4.80. The summed E-state index contributed by atoms with van der Waals surface area (Å²) in [5.41, 5.74) is 2.25. The average Bonchev–Trinajstić information content (AvgIpc) is 2.79. The predicted octanol–water partition coefficient (Wildman–Crippen LogP) is 4.53. The Morgan fingerprint density at radius 1 is 1.09 bits per heavy atom. The summed E-state index contributed by atoms with van der Waals surface area (Å²) in [6, 6.07) is 13.7. The molecule has 2 aromatic carbocycles. The highest BCUT2D eigenvalue weighted by Crippen LogP contribution is 2.22. The summed E-state index contributed by atoms with van der Waals surface area (Å²) in [7, 11) is -3.53. The van der Waals surface area contributed by atoms with Gasteiger partial charge in [0.1, 0.15) is 6.04 Å². The zero-order chi connectivity index (χ0) is 26.2. The first-order valence-corrected chi connectivity index (χ1v) is 14.0. The van der Waals surface area contributed by atoms with Gasteiger partial charge in [-0.05, 0) is 62.9 Å². The first-order chi connectivity index (χ1) is 16.4. The van der Waals surface area contributed by atoms with Gasteiger partial charge in [0.25, 0.3) is 0 Å². The molecule has 0 aliphatic rings. The number of benzene rings is 2. The second kappa shape index (κ2) is 12.9. The molecule has 0 bridgehead atoms. The number of aryl methyl sites for hydroxylation is 1. The molecule has 0 spiro atoms. The van der Waals surface area contributed by atoms with E-state index in [1.165, 1.54) is 9.21 Å². The summed E-state index contributed by atoms with van der Waals surface area (Å²) in [6.07, 6.45) is 2.32. The van der Waals surface area contributed by atoms with Crippen LogP contribution in [-0.2, 0) is 26.2 Å². The molecule has 9 heteroatoms. The van der Waals surface area contributed by atoms with E-state index in [0.29, 0.717) is 17.1 Å². The Balaban J connectivity index is 2.19. The second-order valence-electron chi connectivity index (χ2n) is 8.88. The Bertz CT molecular complexity index is 1120. The topological polar surface area (TPSA) is 86.8 Å². The van der Waals surface area contributed by atoms with Crippen molar-refractivity contribution in [1.82, 2.24) is 10.2 Å². The summed E-state index contributed by atoms with van der Waals surface area (Å²) < 4.78 is 26.2. The minimum Gasteiger partial charge on any atom is -0.352 e. The van der Waals surface area contributed by atoms with Gasteiger partial charge in [-0.1, -0.05) is 48.9 Å². The van der Waals surface area contributed by atoms with Crippen LogP contribution < -0.4 is 9.62 Å². The van der Waals surface area contributed by atoms with E-state index in [-0.39, 0.29) is 37.4 Å². The summed E-state index contributed by atoms with van der Waals surface area (Å²) in [6.45, 7) is 7.82. The van der Waals surface area contributed by atoms with E-state index >= 15 is 0 Å². The molecule has 0 saturated heterocycles. The Labute approximate surface area is 214 Å². The van der Waals surface area contributed by atoms with Crippen LogP contribution in [0.5, 0.6) is 0 Å². The van der Waals surface area contributed by atoms with E-state index in [1.807, 2.05) is 45.0 Å². The van der Waals surface area contributed by atoms with Crippen molar-refractivity contribution in [3.63, 3.8) is 0 Å². The number of carbonyl (C=O) groups excluding carboxylic acids is 2. The van der Waals surface area contributed by atoms with Crippen LogP contribution in [0, 0.1) is 6.92 Å². The standard InChI is InChI=1S/C26H36ClN3O4S/c1-6-20(3)28-26(32)21(4)29(18-22-12-7-8-14-24(22)27)25(31)15-10-16-30(35(5,33)34)23-13-9-11-19(2)17-23/h7-9,11-14,17,20-21H,6,10,15-16,18H2,1-5H3,(H,28,32)/t20-,21+/m0/s1. The van der Waals surface area contributed by atoms with Crippen molar-refractivity contribution in [2.24, 2.45) is 0 Å². The monoisotopic (exact) mass is 521 g/mol. The number of halogens is 1. The number of rotatable bonds is 12. The van der Waals surface area contributed by atoms with E-state index in [9.17, 15) is 18.0 Å². The third-order valence-corrected chi connectivity index (χ3v) is 7.47. The second-order valence-corrected chi connectivity index (χ2v) is 11.2. The summed E-state index contributed by atoms with van der Waals surface area (Å²) in [5.74, 6) is -0.480. The van der Waals surface area contributed by atoms with Crippen LogP contribution >= 0.6 is 11.6 Å². The molecule has 2 amide bonds. The van der Waals surface area contributed by atoms with Gasteiger partial charge in [-0.3, -0.25) is 13.9 Å². The van der Waals surface area contributed by atoms with Crippen LogP contribution in [0.2, 0.25) is 5.02 Å². The number of nitrogens with one attached hydrogen (secondary N) is 1. The average molecular weight is 522 g/mol. The first-order valence-electron chi connectivity index (χ1n) is 11.8. The van der Waals surface area contributed by atoms with E-state index < -0.39 is 16.1 Å². The highest BCUT2D eigenvalue weighted by Gasteiger charge is 2.27. The van der Waals surface area contributed by atoms with E-state index in [2.05, 4.69) is 5.32 Å². The maximum Gasteiger partial charge on any atom is 0.242 e. The number of hydrogen-bond donors (Lipinski definition) is 1. The Hall–Kier alpha value is -2.58. The maximum atomic E-state index is 13.3. The number of anilines is 1. The molecule has 192 valence electrons. The Morgan fingerprint density at radius 2 is 1.77 bits per heavy atom. The lowest BCUT2D eigenvalue weighted by Gasteiger charge is -2.30. The zero-order valence-electron chi connectivity index (χ0n) is 21.1. The van der Waals surface area contributed by atoms with Crippen LogP contribution in [0.4, 0.5) is 5.69 Å².